The molecule has 0 unspecified atom stereocenters. The Bertz CT molecular complexity index is 887. The number of nitrogens with one attached hydrogen (secondary N) is 3. The number of hydrogen-bond acceptors (Lipinski definition) is 7. The number of para-hydroxylation sites is 1. The number of benzene rings is 2. The highest BCUT2D eigenvalue weighted by Crippen LogP contribution is 2.17. The minimum Gasteiger partial charge on any atom is -0.497 e. The summed E-state index contributed by atoms with van der Waals surface area (Å²) in [4.78, 5) is 34.1. The van der Waals surface area contributed by atoms with E-state index in [1.807, 2.05) is 0 Å². The Morgan fingerprint density at radius 2 is 1.71 bits per heavy atom. The minimum absolute atomic E-state index is 0.156. The number of hydrazine groups is 1. The maximum absolute atomic E-state index is 12.0. The Morgan fingerprint density at radius 1 is 1.07 bits per heavy atom. The lowest BCUT2D eigenvalue weighted by molar-refractivity contribution is -0.385. The van der Waals surface area contributed by atoms with Crippen molar-refractivity contribution in [2.45, 2.75) is 0 Å². The van der Waals surface area contributed by atoms with Gasteiger partial charge in [0.25, 0.3) is 17.5 Å². The SMILES string of the molecule is COc1ccc(OCC(=O)NC(=S)NNC(=O)c2ccccc2[N+](=O)[O-])cc1. The first kappa shape index (κ1) is 20.6. The maximum atomic E-state index is 12.0. The largest absolute Gasteiger partial charge is 0.497 e. The lowest BCUT2D eigenvalue weighted by atomic mass is 10.2. The predicted octanol–water partition coefficient (Wildman–Crippen LogP) is 1.32. The molecule has 2 rings (SSSR count). The van der Waals surface area contributed by atoms with Crippen LogP contribution in [0, 0.1) is 10.1 Å². The van der Waals surface area contributed by atoms with Crippen LogP contribution in [0.1, 0.15) is 10.4 Å². The molecule has 2 amide bonds. The van der Waals surface area contributed by atoms with E-state index in [9.17, 15) is 19.7 Å². The van der Waals surface area contributed by atoms with E-state index in [0.717, 1.165) is 0 Å². The van der Waals surface area contributed by atoms with E-state index in [2.05, 4.69) is 16.2 Å². The number of carbonyl (C=O) groups excluding carboxylic acids is 2. The molecule has 0 spiro atoms. The molecule has 28 heavy (non-hydrogen) atoms. The van der Waals surface area contributed by atoms with Gasteiger partial charge in [-0.05, 0) is 42.5 Å². The second kappa shape index (κ2) is 9.83. The second-order valence-electron chi connectivity index (χ2n) is 5.19. The van der Waals surface area contributed by atoms with Gasteiger partial charge in [0.1, 0.15) is 17.1 Å². The monoisotopic (exact) mass is 404 g/mol. The van der Waals surface area contributed by atoms with Gasteiger partial charge in [-0.25, -0.2) is 0 Å². The fraction of sp³-hybridized carbons (Fsp3) is 0.118. The molecule has 146 valence electrons. The van der Waals surface area contributed by atoms with Crippen molar-refractivity contribution in [2.24, 2.45) is 0 Å². The molecule has 0 aliphatic rings. The Kier molecular flexibility index (Phi) is 7.22. The average Bonchev–Trinajstić information content (AvgIpc) is 2.70. The minimum atomic E-state index is -0.779. The summed E-state index contributed by atoms with van der Waals surface area (Å²) in [5.41, 5.74) is 3.97. The molecular formula is C17H16N4O6S. The molecular weight excluding hydrogens is 388 g/mol. The molecule has 0 atom stereocenters. The molecule has 0 aromatic heterocycles. The first-order chi connectivity index (χ1) is 13.4. The van der Waals surface area contributed by atoms with Gasteiger partial charge >= 0.3 is 0 Å². The van der Waals surface area contributed by atoms with Crippen LogP contribution in [0.25, 0.3) is 0 Å². The van der Waals surface area contributed by atoms with Crippen molar-refractivity contribution < 1.29 is 24.0 Å². The van der Waals surface area contributed by atoms with Gasteiger partial charge in [0, 0.05) is 6.07 Å². The molecule has 2 aromatic carbocycles. The first-order valence-electron chi connectivity index (χ1n) is 7.81. The van der Waals surface area contributed by atoms with Crippen molar-refractivity contribution in [1.82, 2.24) is 16.2 Å². The Balaban J connectivity index is 1.79. The molecule has 0 radical (unpaired) electrons. The molecule has 0 aliphatic carbocycles. The molecule has 10 nitrogen and oxygen atoms in total. The number of ether oxygens (including phenoxy) is 2. The summed E-state index contributed by atoms with van der Waals surface area (Å²) in [6.45, 7) is -0.313. The van der Waals surface area contributed by atoms with Gasteiger partial charge in [-0.15, -0.1) is 0 Å². The zero-order chi connectivity index (χ0) is 20.5. The average molecular weight is 404 g/mol. The number of nitro benzene ring substituents is 1. The summed E-state index contributed by atoms with van der Waals surface area (Å²) in [7, 11) is 1.53. The molecule has 3 N–H and O–H groups in total. The van der Waals surface area contributed by atoms with Crippen LogP contribution < -0.4 is 25.6 Å². The normalized spacial score (nSPS) is 9.75. The molecule has 0 heterocycles. The standard InChI is InChI=1S/C17H16N4O6S/c1-26-11-6-8-12(9-7-11)27-10-15(22)18-17(28)20-19-16(23)13-4-2-3-5-14(13)21(24)25/h2-9H,10H2,1H3,(H,19,23)(H2,18,20,22,28). The van der Waals surface area contributed by atoms with E-state index in [1.54, 1.807) is 24.3 Å². The van der Waals surface area contributed by atoms with E-state index in [-0.39, 0.29) is 23.0 Å². The predicted molar refractivity (Wildman–Crippen MR) is 103 cm³/mol. The van der Waals surface area contributed by atoms with Gasteiger partial charge in [0.2, 0.25) is 0 Å². The summed E-state index contributed by atoms with van der Waals surface area (Å²) >= 11 is 4.88. The first-order valence-corrected chi connectivity index (χ1v) is 8.22. The van der Waals surface area contributed by atoms with E-state index in [0.29, 0.717) is 11.5 Å². The van der Waals surface area contributed by atoms with Crippen molar-refractivity contribution in [3.8, 4) is 11.5 Å². The number of rotatable bonds is 6. The van der Waals surface area contributed by atoms with Gasteiger partial charge in [-0.2, -0.15) is 0 Å². The number of nitrogens with zero attached hydrogens (tertiary/aromatic N) is 1. The van der Waals surface area contributed by atoms with E-state index >= 15 is 0 Å². The van der Waals surface area contributed by atoms with Crippen LogP contribution in [0.4, 0.5) is 5.69 Å². The number of methoxy groups -OCH3 is 1. The van der Waals surface area contributed by atoms with Crippen LogP contribution in [0.5, 0.6) is 11.5 Å². The summed E-state index contributed by atoms with van der Waals surface area (Å²) < 4.78 is 10.3. The van der Waals surface area contributed by atoms with Gasteiger partial charge in [0.05, 0.1) is 12.0 Å². The van der Waals surface area contributed by atoms with Gasteiger partial charge in [-0.3, -0.25) is 35.9 Å². The highest BCUT2D eigenvalue weighted by atomic mass is 32.1. The number of amides is 2. The van der Waals surface area contributed by atoms with Crippen molar-refractivity contribution in [3.63, 3.8) is 0 Å². The molecule has 0 aliphatic heterocycles. The fourth-order valence-electron chi connectivity index (χ4n) is 2.02. The third kappa shape index (κ3) is 5.92. The van der Waals surface area contributed by atoms with E-state index in [4.69, 9.17) is 21.7 Å². The van der Waals surface area contributed by atoms with Gasteiger partial charge in [0.15, 0.2) is 11.7 Å². The van der Waals surface area contributed by atoms with Crippen LogP contribution in [-0.4, -0.2) is 35.6 Å². The fourth-order valence-corrected chi connectivity index (χ4v) is 2.19. The van der Waals surface area contributed by atoms with E-state index < -0.39 is 16.7 Å². The second-order valence-corrected chi connectivity index (χ2v) is 5.60. The van der Waals surface area contributed by atoms with Crippen LogP contribution in [0.15, 0.2) is 48.5 Å². The quantitative estimate of drug-likeness (QED) is 0.373. The molecule has 0 saturated carbocycles. The van der Waals surface area contributed by atoms with Crippen molar-refractivity contribution >= 4 is 34.8 Å². The summed E-state index contributed by atoms with van der Waals surface area (Å²) in [5, 5.41) is 13.0. The third-order valence-electron chi connectivity index (χ3n) is 3.32. The maximum Gasteiger partial charge on any atom is 0.282 e. The summed E-state index contributed by atoms with van der Waals surface area (Å²) in [6.07, 6.45) is 0. The van der Waals surface area contributed by atoms with Crippen LogP contribution in [0.3, 0.4) is 0 Å². The number of hydrogen-bond donors (Lipinski definition) is 3. The molecule has 0 fully saturated rings. The Labute approximate surface area is 164 Å². The highest BCUT2D eigenvalue weighted by Gasteiger charge is 2.19. The topological polar surface area (TPSA) is 132 Å². The molecule has 2 aromatic rings. The molecule has 0 bridgehead atoms. The van der Waals surface area contributed by atoms with Crippen LogP contribution in [0.2, 0.25) is 0 Å². The zero-order valence-corrected chi connectivity index (χ0v) is 15.4. The smallest absolute Gasteiger partial charge is 0.282 e. The van der Waals surface area contributed by atoms with Gasteiger partial charge < -0.3 is 9.47 Å². The molecule has 0 saturated heterocycles. The zero-order valence-electron chi connectivity index (χ0n) is 14.6. The number of nitro groups is 1. The Hall–Kier alpha value is -3.73. The van der Waals surface area contributed by atoms with Crippen molar-refractivity contribution in [2.75, 3.05) is 13.7 Å². The summed E-state index contributed by atoms with van der Waals surface area (Å²) in [5.74, 6) is -0.234. The van der Waals surface area contributed by atoms with Crippen LogP contribution >= 0.6 is 12.2 Å². The van der Waals surface area contributed by atoms with Gasteiger partial charge in [-0.1, -0.05) is 12.1 Å². The van der Waals surface area contributed by atoms with Crippen LogP contribution in [-0.2, 0) is 4.79 Å². The van der Waals surface area contributed by atoms with Crippen molar-refractivity contribution in [1.29, 1.82) is 0 Å². The number of thiocarbonyl (C=S) groups is 1. The van der Waals surface area contributed by atoms with E-state index in [1.165, 1.54) is 31.4 Å². The number of carbonyl (C=O) groups is 2. The van der Waals surface area contributed by atoms with Crippen molar-refractivity contribution in [3.05, 3.63) is 64.2 Å². The summed E-state index contributed by atoms with van der Waals surface area (Å²) in [6, 6.07) is 12.0. The highest BCUT2D eigenvalue weighted by molar-refractivity contribution is 7.80. The lowest BCUT2D eigenvalue weighted by Crippen LogP contribution is -2.49. The Morgan fingerprint density at radius 3 is 2.36 bits per heavy atom. The third-order valence-corrected chi connectivity index (χ3v) is 3.52. The molecule has 11 heteroatoms. The lowest BCUT2D eigenvalue weighted by Gasteiger charge is -2.11.